The Labute approximate surface area is 298 Å². The number of allylic oxidation sites excluding steroid dienone is 2. The predicted molar refractivity (Wildman–Crippen MR) is 204 cm³/mol. The minimum atomic E-state index is -0.428. The van der Waals surface area contributed by atoms with Gasteiger partial charge in [0.2, 0.25) is 0 Å². The summed E-state index contributed by atoms with van der Waals surface area (Å²) in [6, 6.07) is 12.4. The minimum Gasteiger partial charge on any atom is -0.347 e. The summed E-state index contributed by atoms with van der Waals surface area (Å²) in [6.07, 6.45) is 11.5. The van der Waals surface area contributed by atoms with Gasteiger partial charge in [-0.3, -0.25) is 4.79 Å². The number of carbonyl (C=O) groups is 1. The van der Waals surface area contributed by atoms with E-state index in [-0.39, 0.29) is 11.0 Å². The quantitative estimate of drug-likeness (QED) is 0.132. The first-order chi connectivity index (χ1) is 23.6. The average Bonchev–Trinajstić information content (AvgIpc) is 3.70. The zero-order valence-corrected chi connectivity index (χ0v) is 32.0. The second-order valence-electron chi connectivity index (χ2n) is 14.7. The van der Waals surface area contributed by atoms with Crippen LogP contribution in [-0.2, 0) is 6.42 Å². The first kappa shape index (κ1) is 38.2. The molecule has 0 aliphatic carbocycles. The molecule has 1 aliphatic heterocycles. The summed E-state index contributed by atoms with van der Waals surface area (Å²) >= 11 is 1.61. The van der Waals surface area contributed by atoms with E-state index in [0.717, 1.165) is 53.7 Å². The molecule has 0 radical (unpaired) electrons. The minimum absolute atomic E-state index is 0.0763. The molecule has 4 rings (SSSR count). The maximum absolute atomic E-state index is 13.6. The van der Waals surface area contributed by atoms with E-state index in [4.69, 9.17) is 15.0 Å². The lowest BCUT2D eigenvalue weighted by atomic mass is 9.92. The Balaban J connectivity index is 1.93. The highest BCUT2D eigenvalue weighted by Gasteiger charge is 2.35. The van der Waals surface area contributed by atoms with Gasteiger partial charge in [0.15, 0.2) is 16.8 Å². The van der Waals surface area contributed by atoms with Gasteiger partial charge in [0.25, 0.3) is 5.91 Å². The molecule has 0 spiro atoms. The lowest BCUT2D eigenvalue weighted by Gasteiger charge is -2.30. The van der Waals surface area contributed by atoms with Crippen LogP contribution in [0.25, 0.3) is 11.3 Å². The normalized spacial score (nSPS) is 15.4. The number of unbranched alkanes of at least 4 members (excludes halogenated alkanes) is 2. The van der Waals surface area contributed by atoms with Crippen molar-refractivity contribution < 1.29 is 4.79 Å². The van der Waals surface area contributed by atoms with Gasteiger partial charge in [-0.2, -0.15) is 9.94 Å². The van der Waals surface area contributed by atoms with Gasteiger partial charge in [0.05, 0.1) is 0 Å². The van der Waals surface area contributed by atoms with Crippen LogP contribution in [0, 0.1) is 28.6 Å². The van der Waals surface area contributed by atoms with Crippen molar-refractivity contribution in [3.63, 3.8) is 0 Å². The van der Waals surface area contributed by atoms with E-state index in [2.05, 4.69) is 83.6 Å². The maximum Gasteiger partial charge on any atom is 0.291 e. The van der Waals surface area contributed by atoms with Crippen LogP contribution in [0.2, 0.25) is 0 Å². The molecule has 264 valence electrons. The SMILES string of the molecule is CCCCC(CC)CN(CC(CC)CCCC)c1nc(-c2ccccc2)c(/N=C2/C(CCC)=C(C#N)C(=O)n3nc(CC(C)(C)C)nc32)s1. The molecule has 9 heteroatoms. The number of hydrogen-bond acceptors (Lipinski definition) is 8. The first-order valence-corrected chi connectivity index (χ1v) is 19.4. The molecule has 0 saturated heterocycles. The summed E-state index contributed by atoms with van der Waals surface area (Å²) in [6.45, 7) is 19.5. The lowest BCUT2D eigenvalue weighted by molar-refractivity contribution is 0.0940. The molecule has 3 heterocycles. The molecule has 2 aromatic heterocycles. The van der Waals surface area contributed by atoms with E-state index in [1.807, 2.05) is 18.2 Å². The van der Waals surface area contributed by atoms with Crippen molar-refractivity contribution in [3.8, 4) is 17.3 Å². The first-order valence-electron chi connectivity index (χ1n) is 18.6. The number of benzene rings is 1. The topological polar surface area (TPSA) is 100 Å². The molecule has 2 atom stereocenters. The van der Waals surface area contributed by atoms with Gasteiger partial charge in [-0.15, -0.1) is 5.10 Å². The molecule has 2 unspecified atom stereocenters. The fourth-order valence-electron chi connectivity index (χ4n) is 6.50. The van der Waals surface area contributed by atoms with Gasteiger partial charge < -0.3 is 4.90 Å². The molecular weight excluding hydrogens is 627 g/mol. The van der Waals surface area contributed by atoms with E-state index in [1.54, 1.807) is 11.3 Å². The van der Waals surface area contributed by atoms with Crippen molar-refractivity contribution in [1.29, 1.82) is 5.26 Å². The Hall–Kier alpha value is -3.64. The van der Waals surface area contributed by atoms with Crippen LogP contribution in [0.1, 0.15) is 136 Å². The van der Waals surface area contributed by atoms with E-state index in [0.29, 0.717) is 47.6 Å². The highest BCUT2D eigenvalue weighted by atomic mass is 32.1. The summed E-state index contributed by atoms with van der Waals surface area (Å²) in [5.74, 6) is 1.73. The zero-order chi connectivity index (χ0) is 35.6. The Bertz CT molecular complexity index is 1620. The van der Waals surface area contributed by atoms with Gasteiger partial charge in [0.1, 0.15) is 28.0 Å². The summed E-state index contributed by atoms with van der Waals surface area (Å²) in [5.41, 5.74) is 3.01. The van der Waals surface area contributed by atoms with Crippen molar-refractivity contribution in [2.45, 2.75) is 126 Å². The molecule has 0 bridgehead atoms. The fraction of sp³-hybridized carbons (Fsp3) is 0.600. The summed E-state index contributed by atoms with van der Waals surface area (Å²) in [7, 11) is 0. The van der Waals surface area contributed by atoms with E-state index < -0.39 is 5.91 Å². The number of fused-ring (bicyclic) bond motifs is 1. The number of thiazole rings is 1. The Kier molecular flexibility index (Phi) is 13.9. The summed E-state index contributed by atoms with van der Waals surface area (Å²) < 4.78 is 1.30. The van der Waals surface area contributed by atoms with Gasteiger partial charge in [0, 0.05) is 30.6 Å². The van der Waals surface area contributed by atoms with E-state index in [1.165, 1.54) is 43.2 Å². The third kappa shape index (κ3) is 9.75. The average molecular weight is 684 g/mol. The molecule has 0 amide bonds. The number of anilines is 1. The number of hydrogen-bond donors (Lipinski definition) is 0. The summed E-state index contributed by atoms with van der Waals surface area (Å²) in [4.78, 5) is 31.7. The Morgan fingerprint density at radius 3 is 2.10 bits per heavy atom. The van der Waals surface area contributed by atoms with Crippen LogP contribution < -0.4 is 4.90 Å². The molecule has 1 aliphatic rings. The predicted octanol–water partition coefficient (Wildman–Crippen LogP) is 10.6. The fourth-order valence-corrected chi connectivity index (χ4v) is 7.48. The van der Waals surface area contributed by atoms with Gasteiger partial charge in [-0.1, -0.05) is 142 Å². The number of nitrogens with zero attached hydrogens (tertiary/aromatic N) is 7. The zero-order valence-electron chi connectivity index (χ0n) is 31.2. The van der Waals surface area contributed by atoms with E-state index >= 15 is 0 Å². The number of aromatic nitrogens is 4. The molecule has 0 fully saturated rings. The van der Waals surface area contributed by atoms with Crippen molar-refractivity contribution in [2.24, 2.45) is 22.2 Å². The van der Waals surface area contributed by atoms with Crippen LogP contribution in [0.4, 0.5) is 10.1 Å². The number of carbonyl (C=O) groups excluding carboxylic acids is 1. The second kappa shape index (κ2) is 17.8. The van der Waals surface area contributed by atoms with Gasteiger partial charge >= 0.3 is 0 Å². The monoisotopic (exact) mass is 683 g/mol. The van der Waals surface area contributed by atoms with Crippen LogP contribution in [0.5, 0.6) is 0 Å². The highest BCUT2D eigenvalue weighted by molar-refractivity contribution is 7.19. The molecule has 0 saturated carbocycles. The molecule has 49 heavy (non-hydrogen) atoms. The van der Waals surface area contributed by atoms with Gasteiger partial charge in [-0.05, 0) is 36.5 Å². The van der Waals surface area contributed by atoms with Crippen molar-refractivity contribution in [3.05, 3.63) is 53.1 Å². The van der Waals surface area contributed by atoms with Crippen LogP contribution >= 0.6 is 11.3 Å². The Morgan fingerprint density at radius 2 is 1.57 bits per heavy atom. The summed E-state index contributed by atoms with van der Waals surface area (Å²) in [5, 5.41) is 16.6. The molecule has 0 N–H and O–H groups in total. The third-order valence-electron chi connectivity index (χ3n) is 9.33. The highest BCUT2D eigenvalue weighted by Crippen LogP contribution is 2.42. The molecule has 8 nitrogen and oxygen atoms in total. The number of aliphatic imine (C=N–C) groups is 1. The van der Waals surface area contributed by atoms with Crippen molar-refractivity contribution in [1.82, 2.24) is 19.7 Å². The molecular formula is C40H57N7OS. The van der Waals surface area contributed by atoms with Crippen molar-refractivity contribution >= 4 is 33.1 Å². The standard InChI is InChI=1S/C40H57N7OS/c1-9-14-20-28(12-4)26-46(27-29(13-5)21-15-10-2)39-44-34(30-22-17-16-18-23-30)37(49-39)43-35-31(19-11-3)32(25-41)38(48)47-36(35)42-33(45-47)24-40(6,7)8/h16-18,22-23,28-29H,9-15,19-21,24,26-27H2,1-8H3/b43-35-. The third-order valence-corrected chi connectivity index (χ3v) is 10.3. The number of nitriles is 1. The maximum atomic E-state index is 13.6. The van der Waals surface area contributed by atoms with Crippen LogP contribution in [-0.4, -0.2) is 44.5 Å². The smallest absolute Gasteiger partial charge is 0.291 e. The van der Waals surface area contributed by atoms with E-state index in [9.17, 15) is 10.1 Å². The molecule has 3 aromatic rings. The largest absolute Gasteiger partial charge is 0.347 e. The Morgan fingerprint density at radius 1 is 0.939 bits per heavy atom. The van der Waals surface area contributed by atoms with Crippen molar-refractivity contribution in [2.75, 3.05) is 18.0 Å². The lowest BCUT2D eigenvalue weighted by Crippen LogP contribution is -2.34. The van der Waals surface area contributed by atoms with Crippen LogP contribution in [0.3, 0.4) is 0 Å². The molecule has 1 aromatic carbocycles. The van der Waals surface area contributed by atoms with Gasteiger partial charge in [-0.25, -0.2) is 15.0 Å². The van der Waals surface area contributed by atoms with Crippen LogP contribution in [0.15, 0.2) is 46.5 Å². The number of rotatable bonds is 18. The second-order valence-corrected chi connectivity index (χ2v) is 15.7.